The van der Waals surface area contributed by atoms with Gasteiger partial charge in [-0.2, -0.15) is 0 Å². The summed E-state index contributed by atoms with van der Waals surface area (Å²) in [5.41, 5.74) is 8.32. The summed E-state index contributed by atoms with van der Waals surface area (Å²) in [6.45, 7) is 0. The van der Waals surface area contributed by atoms with Crippen LogP contribution in [0.25, 0.3) is 71.9 Å². The Morgan fingerprint density at radius 3 is 1.94 bits per heavy atom. The molecule has 0 N–H and O–H groups in total. The van der Waals surface area contributed by atoms with Crippen molar-refractivity contribution in [2.75, 3.05) is 0 Å². The largest absolute Gasteiger partial charge is 0.455 e. The minimum absolute atomic E-state index is 0.838. The third-order valence-electron chi connectivity index (χ3n) is 6.82. The quantitative estimate of drug-likeness (QED) is 0.265. The molecule has 4 aromatic heterocycles. The van der Waals surface area contributed by atoms with Crippen molar-refractivity contribution >= 4 is 49.5 Å². The first-order valence-corrected chi connectivity index (χ1v) is 11.6. The topological polar surface area (TPSA) is 43.6 Å². The van der Waals surface area contributed by atoms with Gasteiger partial charge >= 0.3 is 0 Å². The highest BCUT2D eigenvalue weighted by Crippen LogP contribution is 2.44. The van der Waals surface area contributed by atoms with Gasteiger partial charge in [-0.25, -0.2) is 4.98 Å². The summed E-state index contributed by atoms with van der Waals surface area (Å²) in [5.74, 6) is 0. The van der Waals surface area contributed by atoms with Crippen LogP contribution in [0.1, 0.15) is 0 Å². The highest BCUT2D eigenvalue weighted by molar-refractivity contribution is 6.22. The first kappa shape index (κ1) is 18.6. The molecule has 0 saturated carbocycles. The van der Waals surface area contributed by atoms with Crippen LogP contribution in [0.3, 0.4) is 0 Å². The summed E-state index contributed by atoms with van der Waals surface area (Å²) >= 11 is 0. The molecule has 0 saturated heterocycles. The zero-order chi connectivity index (χ0) is 22.9. The minimum atomic E-state index is 0.838. The van der Waals surface area contributed by atoms with Gasteiger partial charge in [-0.1, -0.05) is 60.7 Å². The highest BCUT2D eigenvalue weighted by Gasteiger charge is 2.21. The smallest absolute Gasteiger partial charge is 0.147 e. The number of rotatable bonds is 2. The molecule has 4 aromatic carbocycles. The van der Waals surface area contributed by atoms with E-state index in [1.165, 1.54) is 0 Å². The lowest BCUT2D eigenvalue weighted by Crippen LogP contribution is -1.84. The Kier molecular flexibility index (Phi) is 3.63. The molecule has 0 aliphatic carbocycles. The van der Waals surface area contributed by atoms with Crippen molar-refractivity contribution in [1.29, 1.82) is 0 Å². The maximum atomic E-state index is 6.46. The lowest BCUT2D eigenvalue weighted by atomic mass is 9.97. The van der Waals surface area contributed by atoms with Gasteiger partial charge < -0.3 is 13.2 Å². The van der Waals surface area contributed by atoms with Crippen LogP contribution in [0.2, 0.25) is 0 Å². The van der Waals surface area contributed by atoms with Crippen LogP contribution < -0.4 is 0 Å². The molecule has 0 atom stereocenters. The van der Waals surface area contributed by atoms with Gasteiger partial charge in [0.25, 0.3) is 0 Å². The summed E-state index contributed by atoms with van der Waals surface area (Å²) in [5, 5.41) is 4.39. The summed E-state index contributed by atoms with van der Waals surface area (Å²) in [6, 6.07) is 33.1. The van der Waals surface area contributed by atoms with Crippen molar-refractivity contribution in [1.82, 2.24) is 9.38 Å². The molecular formula is C31H18N2O2. The van der Waals surface area contributed by atoms with E-state index < -0.39 is 0 Å². The Morgan fingerprint density at radius 1 is 0.571 bits per heavy atom. The van der Waals surface area contributed by atoms with E-state index in [1.54, 1.807) is 0 Å². The zero-order valence-electron chi connectivity index (χ0n) is 18.6. The molecule has 4 heterocycles. The van der Waals surface area contributed by atoms with Gasteiger partial charge in [-0.15, -0.1) is 0 Å². The van der Waals surface area contributed by atoms with E-state index in [1.807, 2.05) is 53.1 Å². The third kappa shape index (κ3) is 2.65. The average molecular weight is 450 g/mol. The first-order valence-electron chi connectivity index (χ1n) is 11.6. The van der Waals surface area contributed by atoms with Crippen molar-refractivity contribution in [3.63, 3.8) is 0 Å². The standard InChI is InChI=1S/C31H18N2O2/c1-3-12-26-21(10-1)23-17-24-22-11-2-4-13-27(22)35-31(24)29(30(23)34-26)20-9-7-8-19(16-20)25-18-33-15-6-5-14-28(33)32-25/h1-18H. The van der Waals surface area contributed by atoms with E-state index >= 15 is 0 Å². The first-order chi connectivity index (χ1) is 17.3. The maximum Gasteiger partial charge on any atom is 0.147 e. The predicted octanol–water partition coefficient (Wildman–Crippen LogP) is 8.47. The fraction of sp³-hybridized carbons (Fsp3) is 0. The minimum Gasteiger partial charge on any atom is -0.455 e. The zero-order valence-corrected chi connectivity index (χ0v) is 18.6. The van der Waals surface area contributed by atoms with E-state index in [-0.39, 0.29) is 0 Å². The van der Waals surface area contributed by atoms with Crippen molar-refractivity contribution in [3.05, 3.63) is 109 Å². The molecule has 0 aliphatic rings. The molecule has 0 amide bonds. The van der Waals surface area contributed by atoms with Crippen LogP contribution >= 0.6 is 0 Å². The number of hydrogen-bond acceptors (Lipinski definition) is 3. The second kappa shape index (κ2) is 6.84. The molecule has 164 valence electrons. The van der Waals surface area contributed by atoms with Gasteiger partial charge in [0.1, 0.15) is 28.0 Å². The highest BCUT2D eigenvalue weighted by atomic mass is 16.3. The molecule has 0 bridgehead atoms. The number of aromatic nitrogens is 2. The fourth-order valence-corrected chi connectivity index (χ4v) is 5.21. The van der Waals surface area contributed by atoms with Crippen LogP contribution in [0, 0.1) is 0 Å². The Balaban J connectivity index is 1.47. The molecule has 0 aliphatic heterocycles. The molecule has 0 unspecified atom stereocenters. The van der Waals surface area contributed by atoms with Gasteiger partial charge in [-0.05, 0) is 42.0 Å². The van der Waals surface area contributed by atoms with Crippen molar-refractivity contribution in [2.24, 2.45) is 0 Å². The Morgan fingerprint density at radius 2 is 1.23 bits per heavy atom. The van der Waals surface area contributed by atoms with E-state index in [0.29, 0.717) is 0 Å². The number of para-hydroxylation sites is 2. The Labute approximate surface area is 199 Å². The Hall–Kier alpha value is -4.83. The Bertz CT molecular complexity index is 1950. The fourth-order valence-electron chi connectivity index (χ4n) is 5.21. The summed E-state index contributed by atoms with van der Waals surface area (Å²) < 4.78 is 15.0. The van der Waals surface area contributed by atoms with Crippen molar-refractivity contribution in [2.45, 2.75) is 0 Å². The van der Waals surface area contributed by atoms with E-state index in [2.05, 4.69) is 60.8 Å². The molecular weight excluding hydrogens is 432 g/mol. The number of hydrogen-bond donors (Lipinski definition) is 0. The molecule has 35 heavy (non-hydrogen) atoms. The lowest BCUT2D eigenvalue weighted by molar-refractivity contribution is 0.658. The number of benzene rings is 4. The van der Waals surface area contributed by atoms with E-state index in [4.69, 9.17) is 13.8 Å². The maximum absolute atomic E-state index is 6.46. The van der Waals surface area contributed by atoms with Crippen molar-refractivity contribution < 1.29 is 8.83 Å². The molecule has 0 spiro atoms. The lowest BCUT2D eigenvalue weighted by Gasteiger charge is -2.06. The van der Waals surface area contributed by atoms with Gasteiger partial charge in [0.2, 0.25) is 0 Å². The van der Waals surface area contributed by atoms with Gasteiger partial charge in [0.05, 0.1) is 11.3 Å². The SMILES string of the molecule is c1cc(-c2cn3ccccc3n2)cc(-c2c3oc4ccccc4c3cc3c2oc2ccccc23)c1. The third-order valence-corrected chi connectivity index (χ3v) is 6.82. The second-order valence-electron chi connectivity index (χ2n) is 8.87. The summed E-state index contributed by atoms with van der Waals surface area (Å²) in [4.78, 5) is 4.83. The van der Waals surface area contributed by atoms with Crippen molar-refractivity contribution in [3.8, 4) is 22.4 Å². The number of furan rings is 2. The van der Waals surface area contributed by atoms with Gasteiger partial charge in [0.15, 0.2) is 0 Å². The molecule has 8 aromatic rings. The summed E-state index contributed by atoms with van der Waals surface area (Å²) in [7, 11) is 0. The predicted molar refractivity (Wildman–Crippen MR) is 141 cm³/mol. The number of pyridine rings is 1. The van der Waals surface area contributed by atoms with E-state index in [9.17, 15) is 0 Å². The molecule has 0 radical (unpaired) electrons. The summed E-state index contributed by atoms with van der Waals surface area (Å²) in [6.07, 6.45) is 4.08. The number of imidazole rings is 1. The molecule has 8 rings (SSSR count). The second-order valence-corrected chi connectivity index (χ2v) is 8.87. The molecule has 0 fully saturated rings. The number of fused-ring (bicyclic) bond motifs is 7. The van der Waals surface area contributed by atoms with Crippen LogP contribution in [0.15, 0.2) is 118 Å². The monoisotopic (exact) mass is 450 g/mol. The van der Waals surface area contributed by atoms with Crippen LogP contribution in [-0.2, 0) is 0 Å². The van der Waals surface area contributed by atoms with Crippen LogP contribution in [-0.4, -0.2) is 9.38 Å². The van der Waals surface area contributed by atoms with Crippen LogP contribution in [0.4, 0.5) is 0 Å². The normalized spacial score (nSPS) is 12.0. The van der Waals surface area contributed by atoms with E-state index in [0.717, 1.165) is 71.9 Å². The number of nitrogens with zero attached hydrogens (tertiary/aromatic N) is 2. The molecule has 4 nitrogen and oxygen atoms in total. The average Bonchev–Trinajstić information content (AvgIpc) is 3.60. The van der Waals surface area contributed by atoms with Crippen LogP contribution in [0.5, 0.6) is 0 Å². The van der Waals surface area contributed by atoms with Gasteiger partial charge in [-0.3, -0.25) is 0 Å². The van der Waals surface area contributed by atoms with Gasteiger partial charge in [0, 0.05) is 39.5 Å². The molecule has 4 heteroatoms.